The number of aryl methyl sites for hydroxylation is 1. The monoisotopic (exact) mass is 720 g/mol. The third-order valence-corrected chi connectivity index (χ3v) is 14.4. The van der Waals surface area contributed by atoms with E-state index in [1.807, 2.05) is 31.2 Å². The van der Waals surface area contributed by atoms with E-state index in [0.717, 1.165) is 55.4 Å². The number of likely N-dealkylation sites (tertiary alicyclic amines) is 2. The van der Waals surface area contributed by atoms with Crippen LogP contribution in [-0.2, 0) is 17.4 Å². The molecule has 7 unspecified atom stereocenters. The second-order valence-corrected chi connectivity index (χ2v) is 18.6. The first kappa shape index (κ1) is 36.0. The molecule has 1 aliphatic carbocycles. The Morgan fingerprint density at radius 1 is 1.06 bits per heavy atom. The molecule has 0 radical (unpaired) electrons. The lowest BCUT2D eigenvalue weighted by atomic mass is 9.65. The number of hydrogen-bond acceptors (Lipinski definition) is 6. The molecule has 272 valence electrons. The van der Waals surface area contributed by atoms with Crippen LogP contribution in [0.4, 0.5) is 5.69 Å². The number of ether oxygens (including phenoxy) is 1. The predicted molar refractivity (Wildman–Crippen MR) is 206 cm³/mol. The fraction of sp³-hybridized carbons (Fsp3) is 0.634. The number of nitrogens with one attached hydrogen (secondary N) is 1. The Bertz CT molecular complexity index is 1600. The second kappa shape index (κ2) is 14.9. The Morgan fingerprint density at radius 3 is 2.58 bits per heavy atom. The zero-order valence-corrected chi connectivity index (χ0v) is 32.3. The van der Waals surface area contributed by atoms with Crippen molar-refractivity contribution >= 4 is 34.2 Å². The number of nitrogens with zero attached hydrogens (tertiary/aromatic N) is 3. The van der Waals surface area contributed by atoms with Gasteiger partial charge >= 0.3 is 0 Å². The van der Waals surface area contributed by atoms with E-state index in [9.17, 15) is 9.00 Å². The predicted octanol–water partition coefficient (Wildman–Crippen LogP) is 7.32. The molecule has 7 rings (SSSR count). The first-order chi connectivity index (χ1) is 24.0. The Labute approximate surface area is 307 Å². The Hall–Kier alpha value is -2.39. The van der Waals surface area contributed by atoms with E-state index in [4.69, 9.17) is 16.3 Å². The molecule has 4 aliphatic heterocycles. The molecule has 2 bridgehead atoms. The summed E-state index contributed by atoms with van der Waals surface area (Å²) in [6.07, 6.45) is 10.2. The number of hydrogen-bond donors (Lipinski definition) is 1. The average Bonchev–Trinajstić information content (AvgIpc) is 3.21. The van der Waals surface area contributed by atoms with E-state index in [0.29, 0.717) is 41.4 Å². The van der Waals surface area contributed by atoms with Crippen molar-refractivity contribution in [1.29, 1.82) is 0 Å². The summed E-state index contributed by atoms with van der Waals surface area (Å²) in [5.41, 5.74) is 4.59. The fourth-order valence-corrected chi connectivity index (χ4v) is 10.5. The van der Waals surface area contributed by atoms with E-state index in [-0.39, 0.29) is 23.0 Å². The van der Waals surface area contributed by atoms with Crippen LogP contribution < -0.4 is 14.4 Å². The maximum Gasteiger partial charge on any atom is 0.263 e. The van der Waals surface area contributed by atoms with Crippen molar-refractivity contribution in [2.75, 3.05) is 57.3 Å². The van der Waals surface area contributed by atoms with Crippen molar-refractivity contribution in [1.82, 2.24) is 14.5 Å². The van der Waals surface area contributed by atoms with Gasteiger partial charge in [0.05, 0.1) is 17.5 Å². The standard InChI is InChI=1S/C41H57ClN4O3S/c1-6-8-30-17-35(42)13-15-36(30)34-21-45-20-33-11-14-37(33)32(19-44-23-41(24-44)25-46(26-41)27(2)3)10-7-9-28(4)29(5)50(48)43-40(47)31-12-16-39(49-22-34)38(45)18-31/h7,10,12-13,15-18,27-29,32-34,37H,6,8-9,11,14,19-26H2,1-5H3,(H,43,47)/b10-7+. The fourth-order valence-electron chi connectivity index (χ4n) is 9.29. The van der Waals surface area contributed by atoms with Gasteiger partial charge in [0.1, 0.15) is 16.7 Å². The van der Waals surface area contributed by atoms with Gasteiger partial charge in [-0.15, -0.1) is 0 Å². The molecule has 50 heavy (non-hydrogen) atoms. The van der Waals surface area contributed by atoms with Crippen molar-refractivity contribution in [2.45, 2.75) is 83.9 Å². The van der Waals surface area contributed by atoms with Crippen LogP contribution in [0.25, 0.3) is 0 Å². The highest BCUT2D eigenvalue weighted by Gasteiger charge is 2.52. The van der Waals surface area contributed by atoms with Crippen molar-refractivity contribution in [2.24, 2.45) is 29.1 Å². The summed E-state index contributed by atoms with van der Waals surface area (Å²) in [6.45, 7) is 19.3. The molecular weight excluding hydrogens is 664 g/mol. The summed E-state index contributed by atoms with van der Waals surface area (Å²) in [4.78, 5) is 21.3. The molecule has 1 saturated carbocycles. The number of rotatable bonds is 6. The van der Waals surface area contributed by atoms with Crippen LogP contribution in [0.15, 0.2) is 48.6 Å². The molecule has 0 aromatic heterocycles. The molecule has 4 heterocycles. The molecule has 9 heteroatoms. The number of fused-ring (bicyclic) bond motifs is 2. The summed E-state index contributed by atoms with van der Waals surface area (Å²) in [5, 5.41) is 0.609. The number of anilines is 1. The van der Waals surface area contributed by atoms with Crippen molar-refractivity contribution in [3.05, 3.63) is 70.3 Å². The zero-order valence-electron chi connectivity index (χ0n) is 30.7. The van der Waals surface area contributed by atoms with E-state index < -0.39 is 11.0 Å². The van der Waals surface area contributed by atoms with E-state index >= 15 is 0 Å². The summed E-state index contributed by atoms with van der Waals surface area (Å²) in [6, 6.07) is 12.7. The summed E-state index contributed by atoms with van der Waals surface area (Å²) < 4.78 is 22.8. The Morgan fingerprint density at radius 2 is 1.86 bits per heavy atom. The summed E-state index contributed by atoms with van der Waals surface area (Å²) in [5.74, 6) is 2.52. The minimum atomic E-state index is -1.49. The number of allylic oxidation sites excluding steroid dienone is 1. The average molecular weight is 721 g/mol. The maximum absolute atomic E-state index is 13.5. The topological polar surface area (TPSA) is 65.1 Å². The van der Waals surface area contributed by atoms with Crippen LogP contribution in [0.3, 0.4) is 0 Å². The number of carbonyl (C=O) groups is 1. The summed E-state index contributed by atoms with van der Waals surface area (Å²) in [7, 11) is -1.49. The highest BCUT2D eigenvalue weighted by atomic mass is 35.5. The van der Waals surface area contributed by atoms with Crippen LogP contribution in [0, 0.1) is 29.1 Å². The lowest BCUT2D eigenvalue weighted by molar-refractivity contribution is -0.130. The van der Waals surface area contributed by atoms with Crippen molar-refractivity contribution in [3.8, 4) is 5.75 Å². The van der Waals surface area contributed by atoms with Crippen molar-refractivity contribution < 1.29 is 13.7 Å². The lowest BCUT2D eigenvalue weighted by Crippen LogP contribution is -2.73. The van der Waals surface area contributed by atoms with E-state index in [2.05, 4.69) is 71.4 Å². The van der Waals surface area contributed by atoms with Gasteiger partial charge in [0, 0.05) is 73.8 Å². The summed E-state index contributed by atoms with van der Waals surface area (Å²) >= 11 is 6.49. The molecule has 3 fully saturated rings. The molecule has 7 atom stereocenters. The first-order valence-corrected chi connectivity index (χ1v) is 20.8. The lowest BCUT2D eigenvalue weighted by Gasteiger charge is -2.62. The molecule has 2 aromatic rings. The van der Waals surface area contributed by atoms with Crippen LogP contribution in [0.2, 0.25) is 5.02 Å². The Kier molecular flexibility index (Phi) is 10.7. The van der Waals surface area contributed by atoms with Gasteiger partial charge in [0.15, 0.2) is 0 Å². The van der Waals surface area contributed by atoms with Gasteiger partial charge in [0.25, 0.3) is 5.91 Å². The minimum Gasteiger partial charge on any atom is -0.491 e. The third-order valence-electron chi connectivity index (χ3n) is 12.6. The van der Waals surface area contributed by atoms with Gasteiger partial charge < -0.3 is 14.5 Å². The second-order valence-electron chi connectivity index (χ2n) is 16.6. The molecule has 1 N–H and O–H groups in total. The van der Waals surface area contributed by atoms with Gasteiger partial charge in [-0.25, -0.2) is 4.21 Å². The molecule has 5 aliphatic rings. The largest absolute Gasteiger partial charge is 0.491 e. The molecule has 2 aromatic carbocycles. The quantitative estimate of drug-likeness (QED) is 0.316. The normalized spacial score (nSPS) is 32.2. The van der Waals surface area contributed by atoms with E-state index in [1.165, 1.54) is 50.1 Å². The van der Waals surface area contributed by atoms with Gasteiger partial charge in [-0.3, -0.25) is 14.4 Å². The molecular formula is C41H57ClN4O3S. The van der Waals surface area contributed by atoms with Gasteiger partial charge in [-0.2, -0.15) is 0 Å². The zero-order chi connectivity index (χ0) is 35.2. The number of halogens is 1. The highest BCUT2D eigenvalue weighted by molar-refractivity contribution is 7.84. The van der Waals surface area contributed by atoms with Crippen LogP contribution in [-0.4, -0.2) is 83.6 Å². The smallest absolute Gasteiger partial charge is 0.263 e. The molecule has 1 spiro atoms. The van der Waals surface area contributed by atoms with Gasteiger partial charge in [0.2, 0.25) is 0 Å². The van der Waals surface area contributed by atoms with Gasteiger partial charge in [-0.05, 0) is 112 Å². The van der Waals surface area contributed by atoms with Crippen LogP contribution in [0.5, 0.6) is 5.75 Å². The Balaban J connectivity index is 1.18. The number of carbonyl (C=O) groups excluding carboxylic acids is 1. The van der Waals surface area contributed by atoms with Crippen LogP contribution >= 0.6 is 11.6 Å². The molecule has 2 saturated heterocycles. The SMILES string of the molecule is CCCc1cc(Cl)ccc1C1COc2ccc3cc2N(C1)CC1CCC1C(CN1CC2(C1)CN(C(C)C)C2)/C=C/CC(C)C(C)S(=O)NC3=O. The minimum absolute atomic E-state index is 0.165. The maximum atomic E-state index is 13.5. The van der Waals surface area contributed by atoms with Crippen LogP contribution in [0.1, 0.15) is 87.7 Å². The number of benzene rings is 2. The highest BCUT2D eigenvalue weighted by Crippen LogP contribution is 2.47. The van der Waals surface area contributed by atoms with E-state index in [1.54, 1.807) is 0 Å². The van der Waals surface area contributed by atoms with Gasteiger partial charge in [-0.1, -0.05) is 50.1 Å². The third kappa shape index (κ3) is 7.42. The molecule has 7 nitrogen and oxygen atoms in total. The van der Waals surface area contributed by atoms with Crippen molar-refractivity contribution in [3.63, 3.8) is 0 Å². The first-order valence-electron chi connectivity index (χ1n) is 19.2. The molecule has 1 amide bonds. The number of amides is 1.